The summed E-state index contributed by atoms with van der Waals surface area (Å²) in [6.07, 6.45) is 1.42. The van der Waals surface area contributed by atoms with Crippen molar-refractivity contribution >= 4 is 16.9 Å². The topological polar surface area (TPSA) is 94.7 Å². The van der Waals surface area contributed by atoms with E-state index in [1.807, 2.05) is 29.2 Å². The third-order valence-corrected chi connectivity index (χ3v) is 5.82. The van der Waals surface area contributed by atoms with Crippen molar-refractivity contribution in [2.24, 2.45) is 11.8 Å². The molecule has 2 aliphatic heterocycles. The standard InChI is InChI=1S/C19H27N5O3/c25-13-15-11-23(10-14(15)9-22-7-5-16(26)6-8-22)19(27)12-24-20-17-3-1-2-4-18(17)21-24/h1-4,14-16,25-26H,5-13H2/t14-,15-/m1/s1. The number of nitrogens with zero attached hydrogens (tertiary/aromatic N) is 5. The Kier molecular flexibility index (Phi) is 5.38. The molecule has 27 heavy (non-hydrogen) atoms. The summed E-state index contributed by atoms with van der Waals surface area (Å²) in [5.74, 6) is 0.356. The highest BCUT2D eigenvalue weighted by Crippen LogP contribution is 2.25. The lowest BCUT2D eigenvalue weighted by Crippen LogP contribution is -2.41. The Hall–Kier alpha value is -2.03. The highest BCUT2D eigenvalue weighted by atomic mass is 16.3. The van der Waals surface area contributed by atoms with Gasteiger partial charge < -0.3 is 20.0 Å². The van der Waals surface area contributed by atoms with Crippen LogP contribution < -0.4 is 0 Å². The van der Waals surface area contributed by atoms with Gasteiger partial charge in [-0.2, -0.15) is 15.0 Å². The van der Waals surface area contributed by atoms with Crippen LogP contribution in [0.25, 0.3) is 11.0 Å². The highest BCUT2D eigenvalue weighted by molar-refractivity contribution is 5.77. The van der Waals surface area contributed by atoms with E-state index in [9.17, 15) is 15.0 Å². The minimum absolute atomic E-state index is 0.00896. The number of benzene rings is 1. The lowest BCUT2D eigenvalue weighted by Gasteiger charge is -2.32. The van der Waals surface area contributed by atoms with Gasteiger partial charge in [0.1, 0.15) is 17.6 Å². The first kappa shape index (κ1) is 18.3. The van der Waals surface area contributed by atoms with Gasteiger partial charge in [-0.1, -0.05) is 12.1 Å². The number of aliphatic hydroxyl groups excluding tert-OH is 2. The molecular formula is C19H27N5O3. The number of hydrogen-bond acceptors (Lipinski definition) is 6. The second kappa shape index (κ2) is 7.92. The predicted octanol–water partition coefficient (Wildman–Crippen LogP) is -0.0451. The first-order valence-corrected chi connectivity index (χ1v) is 9.71. The zero-order valence-corrected chi connectivity index (χ0v) is 15.4. The third-order valence-electron chi connectivity index (χ3n) is 5.82. The van der Waals surface area contributed by atoms with Gasteiger partial charge in [0.05, 0.1) is 6.10 Å². The van der Waals surface area contributed by atoms with Crippen LogP contribution in [0.1, 0.15) is 12.8 Å². The van der Waals surface area contributed by atoms with E-state index >= 15 is 0 Å². The Morgan fingerprint density at radius 2 is 1.70 bits per heavy atom. The molecule has 1 amide bonds. The Labute approximate surface area is 158 Å². The maximum Gasteiger partial charge on any atom is 0.246 e. The summed E-state index contributed by atoms with van der Waals surface area (Å²) in [6, 6.07) is 7.57. The first-order chi connectivity index (χ1) is 13.1. The molecule has 8 heteroatoms. The molecule has 0 spiro atoms. The zero-order valence-electron chi connectivity index (χ0n) is 15.4. The van der Waals surface area contributed by atoms with Crippen molar-refractivity contribution in [3.63, 3.8) is 0 Å². The molecule has 2 N–H and O–H groups in total. The molecule has 0 bridgehead atoms. The van der Waals surface area contributed by atoms with E-state index in [4.69, 9.17) is 0 Å². The Morgan fingerprint density at radius 3 is 2.33 bits per heavy atom. The van der Waals surface area contributed by atoms with Gasteiger partial charge in [0.15, 0.2) is 0 Å². The molecule has 2 aromatic rings. The SMILES string of the molecule is O=C(Cn1nc2ccccc2n1)N1C[C@@H](CN2CCC(O)CC2)[C@@H](CO)C1. The molecule has 8 nitrogen and oxygen atoms in total. The highest BCUT2D eigenvalue weighted by Gasteiger charge is 2.36. The number of rotatable bonds is 5. The van der Waals surface area contributed by atoms with E-state index < -0.39 is 0 Å². The van der Waals surface area contributed by atoms with Crippen molar-refractivity contribution in [2.75, 3.05) is 39.3 Å². The second-order valence-corrected chi connectivity index (χ2v) is 7.75. The van der Waals surface area contributed by atoms with Gasteiger partial charge >= 0.3 is 0 Å². The molecule has 1 aromatic heterocycles. The van der Waals surface area contributed by atoms with E-state index in [1.165, 1.54) is 4.80 Å². The number of piperidine rings is 1. The summed E-state index contributed by atoms with van der Waals surface area (Å²) < 4.78 is 0. The smallest absolute Gasteiger partial charge is 0.246 e. The lowest BCUT2D eigenvalue weighted by atomic mass is 9.95. The van der Waals surface area contributed by atoms with Gasteiger partial charge in [0.25, 0.3) is 0 Å². The van der Waals surface area contributed by atoms with Crippen LogP contribution in [0.3, 0.4) is 0 Å². The fourth-order valence-electron chi connectivity index (χ4n) is 4.19. The Bertz CT molecular complexity index is 753. The number of carbonyl (C=O) groups is 1. The summed E-state index contributed by atoms with van der Waals surface area (Å²) in [5.41, 5.74) is 1.57. The molecule has 0 saturated carbocycles. The van der Waals surface area contributed by atoms with Crippen molar-refractivity contribution in [3.8, 4) is 0 Å². The number of aliphatic hydroxyl groups is 2. The maximum absolute atomic E-state index is 12.7. The summed E-state index contributed by atoms with van der Waals surface area (Å²) in [4.78, 5) is 18.4. The number of carbonyl (C=O) groups excluding carboxylic acids is 1. The molecule has 3 heterocycles. The van der Waals surface area contributed by atoms with Gasteiger partial charge in [-0.15, -0.1) is 0 Å². The molecule has 4 rings (SSSR count). The summed E-state index contributed by atoms with van der Waals surface area (Å²) in [7, 11) is 0. The number of fused-ring (bicyclic) bond motifs is 1. The van der Waals surface area contributed by atoms with Crippen LogP contribution in [0.4, 0.5) is 0 Å². The minimum atomic E-state index is -0.186. The molecule has 1 aromatic carbocycles. The Morgan fingerprint density at radius 1 is 1.07 bits per heavy atom. The van der Waals surface area contributed by atoms with Gasteiger partial charge in [-0.05, 0) is 30.9 Å². The van der Waals surface area contributed by atoms with Crippen LogP contribution >= 0.6 is 0 Å². The van der Waals surface area contributed by atoms with Crippen LogP contribution in [0, 0.1) is 11.8 Å². The average molecular weight is 373 g/mol. The van der Waals surface area contributed by atoms with Crippen molar-refractivity contribution in [1.29, 1.82) is 0 Å². The van der Waals surface area contributed by atoms with Gasteiger partial charge in [0, 0.05) is 45.2 Å². The largest absolute Gasteiger partial charge is 0.396 e. The Balaban J connectivity index is 1.36. The summed E-state index contributed by atoms with van der Waals surface area (Å²) in [6.45, 7) is 4.08. The second-order valence-electron chi connectivity index (χ2n) is 7.75. The van der Waals surface area contributed by atoms with Crippen LogP contribution in [-0.2, 0) is 11.3 Å². The predicted molar refractivity (Wildman–Crippen MR) is 99.9 cm³/mol. The van der Waals surface area contributed by atoms with Crippen LogP contribution in [0.5, 0.6) is 0 Å². The lowest BCUT2D eigenvalue weighted by molar-refractivity contribution is -0.131. The van der Waals surface area contributed by atoms with Crippen molar-refractivity contribution in [1.82, 2.24) is 24.8 Å². The van der Waals surface area contributed by atoms with E-state index in [0.29, 0.717) is 13.1 Å². The van der Waals surface area contributed by atoms with Crippen LogP contribution in [-0.4, -0.2) is 86.3 Å². The molecule has 2 atom stereocenters. The van der Waals surface area contributed by atoms with Gasteiger partial charge in [0.2, 0.25) is 5.91 Å². The first-order valence-electron chi connectivity index (χ1n) is 9.71. The molecular weight excluding hydrogens is 346 g/mol. The van der Waals surface area contributed by atoms with E-state index in [1.54, 1.807) is 0 Å². The number of hydrogen-bond donors (Lipinski definition) is 2. The molecule has 146 valence electrons. The van der Waals surface area contributed by atoms with Gasteiger partial charge in [-0.25, -0.2) is 0 Å². The van der Waals surface area contributed by atoms with E-state index in [2.05, 4.69) is 15.1 Å². The minimum Gasteiger partial charge on any atom is -0.396 e. The van der Waals surface area contributed by atoms with Gasteiger partial charge in [-0.3, -0.25) is 4.79 Å². The molecule has 0 radical (unpaired) electrons. The van der Waals surface area contributed by atoms with Crippen molar-refractivity contribution in [2.45, 2.75) is 25.5 Å². The zero-order chi connectivity index (χ0) is 18.8. The number of likely N-dealkylation sites (tertiary alicyclic amines) is 2. The molecule has 2 saturated heterocycles. The van der Waals surface area contributed by atoms with E-state index in [0.717, 1.165) is 43.5 Å². The van der Waals surface area contributed by atoms with Crippen LogP contribution in [0.15, 0.2) is 24.3 Å². The number of aromatic nitrogens is 3. The van der Waals surface area contributed by atoms with E-state index in [-0.39, 0.29) is 37.0 Å². The molecule has 0 aliphatic carbocycles. The normalized spacial score (nSPS) is 24.7. The fraction of sp³-hybridized carbons (Fsp3) is 0.632. The fourth-order valence-corrected chi connectivity index (χ4v) is 4.19. The summed E-state index contributed by atoms with van der Waals surface area (Å²) in [5, 5.41) is 28.1. The quantitative estimate of drug-likeness (QED) is 0.763. The number of amides is 1. The monoisotopic (exact) mass is 373 g/mol. The third kappa shape index (κ3) is 4.12. The van der Waals surface area contributed by atoms with Crippen molar-refractivity contribution < 1.29 is 15.0 Å². The average Bonchev–Trinajstić information content (AvgIpc) is 3.26. The summed E-state index contributed by atoms with van der Waals surface area (Å²) >= 11 is 0. The van der Waals surface area contributed by atoms with Crippen LogP contribution in [0.2, 0.25) is 0 Å². The molecule has 2 fully saturated rings. The maximum atomic E-state index is 12.7. The van der Waals surface area contributed by atoms with Crippen molar-refractivity contribution in [3.05, 3.63) is 24.3 Å². The molecule has 0 unspecified atom stereocenters. The molecule has 2 aliphatic rings.